The number of methoxy groups -OCH3 is 1. The van der Waals surface area contributed by atoms with Crippen molar-refractivity contribution in [1.82, 2.24) is 0 Å². The molecule has 0 heterocycles. The molecule has 0 fully saturated rings. The fourth-order valence-electron chi connectivity index (χ4n) is 2.82. The number of hydrogen-bond donors (Lipinski definition) is 1. The van der Waals surface area contributed by atoms with Crippen LogP contribution >= 0.6 is 11.6 Å². The van der Waals surface area contributed by atoms with Gasteiger partial charge >= 0.3 is 5.97 Å². The van der Waals surface area contributed by atoms with E-state index >= 15 is 0 Å². The zero-order valence-corrected chi connectivity index (χ0v) is 18.1. The number of rotatable bonds is 7. The molecule has 9 heteroatoms. The van der Waals surface area contributed by atoms with Crippen molar-refractivity contribution in [3.8, 4) is 0 Å². The van der Waals surface area contributed by atoms with Gasteiger partial charge in [0, 0.05) is 10.7 Å². The lowest BCUT2D eigenvalue weighted by atomic mass is 10.2. The quantitative estimate of drug-likeness (QED) is 0.541. The van der Waals surface area contributed by atoms with Gasteiger partial charge in [-0.25, -0.2) is 13.2 Å². The van der Waals surface area contributed by atoms with Gasteiger partial charge in [0.15, 0.2) is 0 Å². The summed E-state index contributed by atoms with van der Waals surface area (Å²) in [6.45, 7) is -0.475. The second-order valence-electron chi connectivity index (χ2n) is 6.42. The molecule has 0 aliphatic carbocycles. The summed E-state index contributed by atoms with van der Waals surface area (Å²) in [6.07, 6.45) is 0. The Bertz CT molecular complexity index is 1180. The summed E-state index contributed by atoms with van der Waals surface area (Å²) in [5, 5.41) is 3.02. The van der Waals surface area contributed by atoms with Crippen molar-refractivity contribution in [2.75, 3.05) is 23.3 Å². The average Bonchev–Trinajstić information content (AvgIpc) is 2.78. The lowest BCUT2D eigenvalue weighted by Crippen LogP contribution is -2.38. The maximum absolute atomic E-state index is 13.3. The minimum atomic E-state index is -4.04. The van der Waals surface area contributed by atoms with E-state index < -0.39 is 28.4 Å². The number of hydrogen-bond acceptors (Lipinski definition) is 5. The fraction of sp³-hybridized carbons (Fsp3) is 0.0909. The number of benzene rings is 3. The highest BCUT2D eigenvalue weighted by Crippen LogP contribution is 2.24. The molecule has 0 radical (unpaired) electrons. The normalized spacial score (nSPS) is 10.9. The molecule has 0 aliphatic heterocycles. The first-order chi connectivity index (χ1) is 14.8. The predicted octanol–water partition coefficient (Wildman–Crippen LogP) is 3.96. The highest BCUT2D eigenvalue weighted by molar-refractivity contribution is 7.92. The van der Waals surface area contributed by atoms with E-state index in [4.69, 9.17) is 11.6 Å². The van der Waals surface area contributed by atoms with Gasteiger partial charge in [-0.3, -0.25) is 9.10 Å². The summed E-state index contributed by atoms with van der Waals surface area (Å²) in [4.78, 5) is 24.4. The van der Waals surface area contributed by atoms with Gasteiger partial charge in [0.25, 0.3) is 10.0 Å². The summed E-state index contributed by atoms with van der Waals surface area (Å²) >= 11 is 5.87. The molecule has 3 aromatic carbocycles. The zero-order chi connectivity index (χ0) is 22.4. The second-order valence-corrected chi connectivity index (χ2v) is 8.72. The number of amides is 1. The van der Waals surface area contributed by atoms with Crippen LogP contribution in [-0.2, 0) is 19.6 Å². The third-order valence-corrected chi connectivity index (χ3v) is 6.34. The van der Waals surface area contributed by atoms with Crippen LogP contribution in [0.4, 0.5) is 11.4 Å². The van der Waals surface area contributed by atoms with Crippen LogP contribution < -0.4 is 9.62 Å². The van der Waals surface area contributed by atoms with E-state index in [2.05, 4.69) is 10.1 Å². The van der Waals surface area contributed by atoms with E-state index in [9.17, 15) is 18.0 Å². The third-order valence-electron chi connectivity index (χ3n) is 4.30. The van der Waals surface area contributed by atoms with Crippen LogP contribution in [0.15, 0.2) is 83.8 Å². The van der Waals surface area contributed by atoms with E-state index in [1.807, 2.05) is 0 Å². The van der Waals surface area contributed by atoms with Crippen LogP contribution in [0.5, 0.6) is 0 Å². The molecular weight excluding hydrogens is 440 g/mol. The number of nitrogens with zero attached hydrogens (tertiary/aromatic N) is 1. The van der Waals surface area contributed by atoms with Gasteiger partial charge < -0.3 is 10.1 Å². The molecule has 0 aromatic heterocycles. The Balaban J connectivity index is 1.88. The summed E-state index contributed by atoms with van der Waals surface area (Å²) < 4.78 is 32.2. The number of carbonyl (C=O) groups excluding carboxylic acids is 2. The van der Waals surface area contributed by atoms with E-state index in [0.29, 0.717) is 16.4 Å². The Hall–Kier alpha value is -3.36. The van der Waals surface area contributed by atoms with E-state index in [1.54, 1.807) is 48.5 Å². The van der Waals surface area contributed by atoms with Gasteiger partial charge in [-0.2, -0.15) is 0 Å². The number of anilines is 2. The first kappa shape index (κ1) is 22.3. The molecule has 1 amide bonds. The monoisotopic (exact) mass is 458 g/mol. The summed E-state index contributed by atoms with van der Waals surface area (Å²) in [5.41, 5.74) is 0.926. The molecule has 0 spiro atoms. The number of carbonyl (C=O) groups is 2. The smallest absolute Gasteiger partial charge is 0.337 e. The lowest BCUT2D eigenvalue weighted by Gasteiger charge is -2.24. The van der Waals surface area contributed by atoms with E-state index in [0.717, 1.165) is 4.31 Å². The second kappa shape index (κ2) is 9.63. The molecule has 0 unspecified atom stereocenters. The number of esters is 1. The first-order valence-electron chi connectivity index (χ1n) is 9.13. The molecule has 0 saturated carbocycles. The van der Waals surface area contributed by atoms with E-state index in [1.165, 1.54) is 37.4 Å². The van der Waals surface area contributed by atoms with Crippen LogP contribution in [0.2, 0.25) is 5.02 Å². The van der Waals surface area contributed by atoms with E-state index in [-0.39, 0.29) is 10.5 Å². The Morgan fingerprint density at radius 2 is 1.65 bits per heavy atom. The minimum absolute atomic E-state index is 0.00115. The maximum atomic E-state index is 13.3. The molecule has 0 saturated heterocycles. The standard InChI is InChI=1S/C22H19ClN2O5S/c1-30-22(27)16-6-5-7-18(14-16)24-21(26)15-25(19-8-3-2-4-9-19)31(28,29)20-12-10-17(23)11-13-20/h2-14H,15H2,1H3,(H,24,26). The molecule has 3 aromatic rings. The van der Waals surface area contributed by atoms with Gasteiger partial charge in [0.2, 0.25) is 5.91 Å². The molecule has 160 valence electrons. The largest absolute Gasteiger partial charge is 0.465 e. The van der Waals surface area contributed by atoms with Crippen molar-refractivity contribution in [2.24, 2.45) is 0 Å². The van der Waals surface area contributed by atoms with Gasteiger partial charge in [0.05, 0.1) is 23.3 Å². The molecular formula is C22H19ClN2O5S. The third kappa shape index (κ3) is 5.42. The molecule has 31 heavy (non-hydrogen) atoms. The van der Waals surface area contributed by atoms with Gasteiger partial charge in [-0.1, -0.05) is 35.9 Å². The summed E-state index contributed by atoms with van der Waals surface area (Å²) in [7, 11) is -2.79. The molecule has 0 aliphatic rings. The number of nitrogens with one attached hydrogen (secondary N) is 1. The Kier molecular flexibility index (Phi) is 6.94. The van der Waals surface area contributed by atoms with Crippen molar-refractivity contribution in [1.29, 1.82) is 0 Å². The summed E-state index contributed by atoms with van der Waals surface area (Å²) in [5.74, 6) is -1.13. The molecule has 0 bridgehead atoms. The highest BCUT2D eigenvalue weighted by Gasteiger charge is 2.27. The van der Waals surface area contributed by atoms with Gasteiger partial charge in [-0.15, -0.1) is 0 Å². The minimum Gasteiger partial charge on any atom is -0.465 e. The lowest BCUT2D eigenvalue weighted by molar-refractivity contribution is -0.114. The average molecular weight is 459 g/mol. The number of para-hydroxylation sites is 1. The highest BCUT2D eigenvalue weighted by atomic mass is 35.5. The van der Waals surface area contributed by atoms with Crippen molar-refractivity contribution in [3.05, 3.63) is 89.4 Å². The molecule has 1 N–H and O–H groups in total. The topological polar surface area (TPSA) is 92.8 Å². The van der Waals surface area contributed by atoms with Crippen molar-refractivity contribution >= 4 is 44.9 Å². The Morgan fingerprint density at radius 1 is 0.968 bits per heavy atom. The van der Waals surface area contributed by atoms with Crippen LogP contribution in [0.3, 0.4) is 0 Å². The van der Waals surface area contributed by atoms with Crippen LogP contribution in [0.25, 0.3) is 0 Å². The maximum Gasteiger partial charge on any atom is 0.337 e. The van der Waals surface area contributed by atoms with Crippen molar-refractivity contribution in [2.45, 2.75) is 4.90 Å². The van der Waals surface area contributed by atoms with Crippen molar-refractivity contribution < 1.29 is 22.7 Å². The van der Waals surface area contributed by atoms with Crippen LogP contribution in [0, 0.1) is 0 Å². The predicted molar refractivity (Wildman–Crippen MR) is 119 cm³/mol. The van der Waals surface area contributed by atoms with Crippen molar-refractivity contribution in [3.63, 3.8) is 0 Å². The van der Waals surface area contributed by atoms with Crippen LogP contribution in [-0.4, -0.2) is 33.9 Å². The fourth-order valence-corrected chi connectivity index (χ4v) is 4.36. The first-order valence-corrected chi connectivity index (χ1v) is 10.9. The number of sulfonamides is 1. The van der Waals surface area contributed by atoms with Gasteiger partial charge in [-0.05, 0) is 54.6 Å². The number of halogens is 1. The summed E-state index contributed by atoms with van der Waals surface area (Å²) in [6, 6.07) is 20.2. The SMILES string of the molecule is COC(=O)c1cccc(NC(=O)CN(c2ccccc2)S(=O)(=O)c2ccc(Cl)cc2)c1. The zero-order valence-electron chi connectivity index (χ0n) is 16.5. The van der Waals surface area contributed by atoms with Gasteiger partial charge in [0.1, 0.15) is 6.54 Å². The number of ether oxygens (including phenoxy) is 1. The molecule has 3 rings (SSSR count). The molecule has 7 nitrogen and oxygen atoms in total. The Labute approximate surface area is 185 Å². The molecule has 0 atom stereocenters. The van der Waals surface area contributed by atoms with Crippen LogP contribution in [0.1, 0.15) is 10.4 Å². The Morgan fingerprint density at radius 3 is 2.29 bits per heavy atom.